The highest BCUT2D eigenvalue weighted by atomic mass is 15.2. The van der Waals surface area contributed by atoms with Crippen LogP contribution in [0.3, 0.4) is 0 Å². The fourth-order valence-corrected chi connectivity index (χ4v) is 4.31. The van der Waals surface area contributed by atoms with Crippen molar-refractivity contribution < 1.29 is 0 Å². The molecule has 0 aromatic carbocycles. The summed E-state index contributed by atoms with van der Waals surface area (Å²) in [6, 6.07) is 8.12. The number of pyridine rings is 3. The Morgan fingerprint density at radius 1 is 0.935 bits per heavy atom. The summed E-state index contributed by atoms with van der Waals surface area (Å²) in [6.07, 6.45) is 11.4. The summed E-state index contributed by atoms with van der Waals surface area (Å²) >= 11 is 0. The van der Waals surface area contributed by atoms with Crippen LogP contribution in [0.25, 0.3) is 44.8 Å². The van der Waals surface area contributed by atoms with E-state index in [-0.39, 0.29) is 0 Å². The monoisotopic (exact) mass is 410 g/mol. The average Bonchev–Trinajstić information content (AvgIpc) is 3.43. The lowest BCUT2D eigenvalue weighted by Gasteiger charge is -2.26. The number of fused-ring (bicyclic) bond motifs is 2. The number of hydrogen-bond acceptors (Lipinski definition) is 6. The first kappa shape index (κ1) is 18.1. The van der Waals surface area contributed by atoms with Crippen LogP contribution < -0.4 is 0 Å². The highest BCUT2D eigenvalue weighted by molar-refractivity contribution is 5.93. The number of aromatic amines is 2. The molecule has 6 heterocycles. The lowest BCUT2D eigenvalue weighted by molar-refractivity contribution is 0.220. The molecule has 0 aliphatic carbocycles. The fraction of sp³-hybridized carbons (Fsp3) is 0.261. The van der Waals surface area contributed by atoms with Gasteiger partial charge in [0.25, 0.3) is 0 Å². The molecule has 0 spiro atoms. The predicted molar refractivity (Wildman–Crippen MR) is 119 cm³/mol. The summed E-state index contributed by atoms with van der Waals surface area (Å²) in [5.41, 5.74) is 6.32. The molecular formula is C23H22N8. The number of H-pyrrole nitrogens is 2. The van der Waals surface area contributed by atoms with Crippen molar-refractivity contribution in [2.75, 3.05) is 13.1 Å². The molecule has 2 N–H and O–H groups in total. The molecule has 31 heavy (non-hydrogen) atoms. The number of piperidine rings is 1. The van der Waals surface area contributed by atoms with E-state index in [4.69, 9.17) is 0 Å². The average molecular weight is 410 g/mol. The van der Waals surface area contributed by atoms with Crippen LogP contribution in [-0.4, -0.2) is 53.1 Å². The van der Waals surface area contributed by atoms with Gasteiger partial charge >= 0.3 is 0 Å². The Labute approximate surface area is 178 Å². The van der Waals surface area contributed by atoms with Gasteiger partial charge in [0.05, 0.1) is 5.39 Å². The van der Waals surface area contributed by atoms with Crippen LogP contribution in [0.5, 0.6) is 0 Å². The Balaban J connectivity index is 1.36. The summed E-state index contributed by atoms with van der Waals surface area (Å²) in [7, 11) is 0. The van der Waals surface area contributed by atoms with Gasteiger partial charge in [-0.3, -0.25) is 15.0 Å². The second-order valence-corrected chi connectivity index (χ2v) is 8.07. The summed E-state index contributed by atoms with van der Waals surface area (Å²) < 4.78 is 0. The van der Waals surface area contributed by atoms with Crippen LogP contribution in [0.1, 0.15) is 24.8 Å². The molecule has 1 fully saturated rings. The van der Waals surface area contributed by atoms with Crippen molar-refractivity contribution in [1.29, 1.82) is 0 Å². The van der Waals surface area contributed by atoms with Crippen LogP contribution in [-0.2, 0) is 6.54 Å². The number of nitrogens with one attached hydrogen (secondary N) is 2. The van der Waals surface area contributed by atoms with Crippen LogP contribution in [0.15, 0.2) is 49.1 Å². The van der Waals surface area contributed by atoms with Crippen LogP contribution in [0, 0.1) is 0 Å². The summed E-state index contributed by atoms with van der Waals surface area (Å²) in [4.78, 5) is 23.8. The lowest BCUT2D eigenvalue weighted by Crippen LogP contribution is -2.29. The molecule has 1 aliphatic heterocycles. The standard InChI is InChI=1S/C23H22N8/c1-2-7-31(8-3-1)14-15-9-16(12-24-11-15)17-10-18-20(29-30-21(18)26-13-17)23-27-19-5-4-6-25-22(19)28-23/h4-6,9-13H,1-3,7-8,14H2,(H,25,27,28)(H,26,29,30). The van der Waals surface area contributed by atoms with E-state index < -0.39 is 0 Å². The number of hydrogen-bond donors (Lipinski definition) is 2. The third-order valence-corrected chi connectivity index (χ3v) is 5.88. The van der Waals surface area contributed by atoms with Gasteiger partial charge in [0, 0.05) is 42.5 Å². The summed E-state index contributed by atoms with van der Waals surface area (Å²) in [5.74, 6) is 0.677. The largest absolute Gasteiger partial charge is 0.321 e. The maximum atomic E-state index is 4.64. The molecule has 1 aliphatic rings. The van der Waals surface area contributed by atoms with Crippen molar-refractivity contribution in [2.45, 2.75) is 25.8 Å². The van der Waals surface area contributed by atoms with Gasteiger partial charge in [-0.2, -0.15) is 5.10 Å². The second-order valence-electron chi connectivity index (χ2n) is 8.07. The molecule has 5 aromatic rings. The second kappa shape index (κ2) is 7.55. The molecule has 0 bridgehead atoms. The van der Waals surface area contributed by atoms with Crippen molar-refractivity contribution >= 4 is 22.2 Å². The zero-order chi connectivity index (χ0) is 20.6. The number of nitrogens with zero attached hydrogens (tertiary/aromatic N) is 6. The topological polar surface area (TPSA) is 99.3 Å². The van der Waals surface area contributed by atoms with Crippen molar-refractivity contribution in [3.63, 3.8) is 0 Å². The molecule has 0 amide bonds. The van der Waals surface area contributed by atoms with Crippen molar-refractivity contribution in [3.05, 3.63) is 54.6 Å². The van der Waals surface area contributed by atoms with Crippen molar-refractivity contribution in [1.82, 2.24) is 40.0 Å². The Morgan fingerprint density at radius 3 is 2.74 bits per heavy atom. The molecule has 8 heteroatoms. The van der Waals surface area contributed by atoms with E-state index >= 15 is 0 Å². The zero-order valence-electron chi connectivity index (χ0n) is 17.0. The summed E-state index contributed by atoms with van der Waals surface area (Å²) in [6.45, 7) is 3.28. The number of likely N-dealkylation sites (tertiary alicyclic amines) is 1. The van der Waals surface area contributed by atoms with Gasteiger partial charge in [0.15, 0.2) is 17.1 Å². The molecule has 0 radical (unpaired) electrons. The molecule has 8 nitrogen and oxygen atoms in total. The fourth-order valence-electron chi connectivity index (χ4n) is 4.31. The van der Waals surface area contributed by atoms with Crippen LogP contribution in [0.2, 0.25) is 0 Å². The maximum absolute atomic E-state index is 4.64. The quantitative estimate of drug-likeness (QED) is 0.465. The Morgan fingerprint density at radius 2 is 1.84 bits per heavy atom. The van der Waals surface area contributed by atoms with Gasteiger partial charge < -0.3 is 4.98 Å². The minimum absolute atomic E-state index is 0.677. The normalized spacial score (nSPS) is 15.1. The van der Waals surface area contributed by atoms with Crippen LogP contribution in [0.4, 0.5) is 0 Å². The molecule has 154 valence electrons. The SMILES string of the molecule is c1cnc2[nH]c(-c3n[nH]c4ncc(-c5cncc(CN6CCCCC6)c5)cc34)nc2c1. The smallest absolute Gasteiger partial charge is 0.161 e. The minimum Gasteiger partial charge on any atom is -0.321 e. The van der Waals surface area contributed by atoms with Gasteiger partial charge in [-0.1, -0.05) is 6.42 Å². The molecule has 0 saturated carbocycles. The third kappa shape index (κ3) is 3.44. The number of aromatic nitrogens is 7. The van der Waals surface area contributed by atoms with E-state index in [1.807, 2.05) is 30.7 Å². The molecule has 1 saturated heterocycles. The van der Waals surface area contributed by atoms with E-state index in [1.165, 1.54) is 37.9 Å². The van der Waals surface area contributed by atoms with E-state index in [9.17, 15) is 0 Å². The number of imidazole rings is 1. The van der Waals surface area contributed by atoms with E-state index in [0.717, 1.165) is 45.6 Å². The van der Waals surface area contributed by atoms with Gasteiger partial charge in [0.1, 0.15) is 11.2 Å². The van der Waals surface area contributed by atoms with E-state index in [0.29, 0.717) is 5.82 Å². The Kier molecular flexibility index (Phi) is 4.42. The molecule has 5 aromatic heterocycles. The Bertz CT molecular complexity index is 1330. The molecular weight excluding hydrogens is 388 g/mol. The maximum Gasteiger partial charge on any atom is 0.161 e. The van der Waals surface area contributed by atoms with Gasteiger partial charge in [-0.25, -0.2) is 15.0 Å². The van der Waals surface area contributed by atoms with E-state index in [1.54, 1.807) is 6.20 Å². The van der Waals surface area contributed by atoms with Gasteiger partial charge in [-0.15, -0.1) is 0 Å². The Hall–Kier alpha value is -3.65. The zero-order valence-corrected chi connectivity index (χ0v) is 17.0. The van der Waals surface area contributed by atoms with Gasteiger partial charge in [0.2, 0.25) is 0 Å². The highest BCUT2D eigenvalue weighted by Gasteiger charge is 2.15. The van der Waals surface area contributed by atoms with Gasteiger partial charge in [-0.05, 0) is 55.8 Å². The highest BCUT2D eigenvalue weighted by Crippen LogP contribution is 2.29. The first-order valence-corrected chi connectivity index (χ1v) is 10.7. The van der Waals surface area contributed by atoms with Crippen LogP contribution >= 0.6 is 0 Å². The molecule has 0 unspecified atom stereocenters. The summed E-state index contributed by atoms with van der Waals surface area (Å²) in [5, 5.41) is 8.39. The lowest BCUT2D eigenvalue weighted by atomic mass is 10.1. The predicted octanol–water partition coefficient (Wildman–Crippen LogP) is 3.94. The third-order valence-electron chi connectivity index (χ3n) is 5.88. The molecule has 0 atom stereocenters. The molecule has 6 rings (SSSR count). The first-order valence-electron chi connectivity index (χ1n) is 10.7. The minimum atomic E-state index is 0.677. The first-order chi connectivity index (χ1) is 15.3. The van der Waals surface area contributed by atoms with E-state index in [2.05, 4.69) is 52.1 Å². The van der Waals surface area contributed by atoms with Crippen molar-refractivity contribution in [3.8, 4) is 22.6 Å². The number of rotatable bonds is 4. The van der Waals surface area contributed by atoms with Crippen molar-refractivity contribution in [2.24, 2.45) is 0 Å².